The van der Waals surface area contributed by atoms with Gasteiger partial charge < -0.3 is 9.88 Å². The number of carbonyl (C=O) groups is 1. The number of thioether (sulfide) groups is 1. The number of rotatable bonds is 3. The van der Waals surface area contributed by atoms with Gasteiger partial charge in [-0.1, -0.05) is 6.07 Å². The highest BCUT2D eigenvalue weighted by molar-refractivity contribution is 7.98. The van der Waals surface area contributed by atoms with E-state index in [4.69, 9.17) is 0 Å². The van der Waals surface area contributed by atoms with Gasteiger partial charge in [-0.25, -0.2) is 0 Å². The van der Waals surface area contributed by atoms with Gasteiger partial charge in [-0.15, -0.1) is 23.1 Å². The number of thiophene rings is 1. The first kappa shape index (κ1) is 15.8. The average molecular weight is 345 g/mol. The van der Waals surface area contributed by atoms with E-state index in [-0.39, 0.29) is 17.5 Å². The van der Waals surface area contributed by atoms with Crippen LogP contribution in [0.5, 0.6) is 0 Å². The van der Waals surface area contributed by atoms with Crippen LogP contribution in [0.3, 0.4) is 0 Å². The van der Waals surface area contributed by atoms with Crippen molar-refractivity contribution in [2.75, 3.05) is 12.8 Å². The normalized spacial score (nSPS) is 17.2. The molecule has 1 atom stereocenters. The van der Waals surface area contributed by atoms with Gasteiger partial charge in [-0.05, 0) is 36.6 Å². The van der Waals surface area contributed by atoms with Gasteiger partial charge in [-0.2, -0.15) is 5.26 Å². The smallest absolute Gasteiger partial charge is 0.261 e. The number of amides is 1. The molecule has 2 aromatic heterocycles. The number of likely N-dealkylation sites (tertiary alicyclic amines) is 1. The number of aromatic amines is 1. The second-order valence-corrected chi connectivity index (χ2v) is 7.04. The maximum Gasteiger partial charge on any atom is 0.261 e. The lowest BCUT2D eigenvalue weighted by Crippen LogP contribution is -2.34. The van der Waals surface area contributed by atoms with Crippen LogP contribution >= 0.6 is 23.1 Å². The van der Waals surface area contributed by atoms with E-state index in [1.165, 1.54) is 17.8 Å². The summed E-state index contributed by atoms with van der Waals surface area (Å²) in [4.78, 5) is 30.6. The fourth-order valence-electron chi connectivity index (χ4n) is 2.86. The first-order valence-electron chi connectivity index (χ1n) is 7.21. The molecule has 0 bridgehead atoms. The van der Waals surface area contributed by atoms with Crippen molar-refractivity contribution in [1.82, 2.24) is 9.88 Å². The molecule has 0 aliphatic carbocycles. The maximum absolute atomic E-state index is 12.8. The van der Waals surface area contributed by atoms with Gasteiger partial charge >= 0.3 is 0 Å². The Labute approximate surface area is 141 Å². The Hall–Kier alpha value is -2.04. The first-order valence-corrected chi connectivity index (χ1v) is 9.32. The highest BCUT2D eigenvalue weighted by atomic mass is 32.2. The highest BCUT2D eigenvalue weighted by Crippen LogP contribution is 2.35. The van der Waals surface area contributed by atoms with Crippen LogP contribution in [0.4, 0.5) is 0 Å². The summed E-state index contributed by atoms with van der Waals surface area (Å²) >= 11 is 2.90. The molecule has 5 nitrogen and oxygen atoms in total. The number of H-pyrrole nitrogens is 1. The van der Waals surface area contributed by atoms with Gasteiger partial charge in [0.25, 0.3) is 11.5 Å². The largest absolute Gasteiger partial charge is 0.331 e. The molecule has 1 aliphatic heterocycles. The van der Waals surface area contributed by atoms with Gasteiger partial charge in [0.15, 0.2) is 0 Å². The second kappa shape index (κ2) is 6.60. The number of nitriles is 1. The van der Waals surface area contributed by atoms with E-state index in [9.17, 15) is 14.9 Å². The minimum absolute atomic E-state index is 0.0210. The lowest BCUT2D eigenvalue weighted by molar-refractivity contribution is 0.0736. The number of nitrogens with one attached hydrogen (secondary N) is 1. The molecule has 0 aromatic carbocycles. The molecular weight excluding hydrogens is 330 g/mol. The van der Waals surface area contributed by atoms with Crippen molar-refractivity contribution in [3.8, 4) is 6.07 Å². The minimum Gasteiger partial charge on any atom is -0.331 e. The Morgan fingerprint density at radius 2 is 2.39 bits per heavy atom. The van der Waals surface area contributed by atoms with Crippen LogP contribution in [-0.2, 0) is 0 Å². The van der Waals surface area contributed by atoms with E-state index >= 15 is 0 Å². The van der Waals surface area contributed by atoms with Crippen molar-refractivity contribution in [3.63, 3.8) is 0 Å². The van der Waals surface area contributed by atoms with Crippen molar-refractivity contribution in [2.45, 2.75) is 23.9 Å². The quantitative estimate of drug-likeness (QED) is 0.868. The van der Waals surface area contributed by atoms with Gasteiger partial charge in [0, 0.05) is 11.4 Å². The highest BCUT2D eigenvalue weighted by Gasteiger charge is 2.32. The predicted octanol–water partition coefficient (Wildman–Crippen LogP) is 3.01. The number of nitrogens with zero attached hydrogens (tertiary/aromatic N) is 2. The summed E-state index contributed by atoms with van der Waals surface area (Å²) in [5.74, 6) is -0.300. The van der Waals surface area contributed by atoms with E-state index < -0.39 is 5.56 Å². The van der Waals surface area contributed by atoms with Crippen LogP contribution < -0.4 is 5.56 Å². The standard InChI is InChI=1S/C16H15N3O2S2/c1-22-15-10(9-17)8-11(14(20)18-15)16(21)19-6-2-4-12(19)13-5-3-7-23-13/h3,5,7-8,12H,2,4,6H2,1H3,(H,18,20)/t12-/m1/s1. The van der Waals surface area contributed by atoms with Crippen LogP contribution in [0.15, 0.2) is 33.4 Å². The Morgan fingerprint density at radius 3 is 3.04 bits per heavy atom. The number of hydrogen-bond donors (Lipinski definition) is 1. The monoisotopic (exact) mass is 345 g/mol. The van der Waals surface area contributed by atoms with Crippen molar-refractivity contribution in [2.24, 2.45) is 0 Å². The Balaban J connectivity index is 1.97. The van der Waals surface area contributed by atoms with E-state index in [2.05, 4.69) is 4.98 Å². The van der Waals surface area contributed by atoms with Crippen LogP contribution in [0, 0.1) is 11.3 Å². The summed E-state index contributed by atoms with van der Waals surface area (Å²) in [6.07, 6.45) is 3.60. The van der Waals surface area contributed by atoms with Crippen LogP contribution in [0.25, 0.3) is 0 Å². The third-order valence-corrected chi connectivity index (χ3v) is 5.65. The van der Waals surface area contributed by atoms with Crippen molar-refractivity contribution in [1.29, 1.82) is 5.26 Å². The number of aromatic nitrogens is 1. The number of carbonyl (C=O) groups excluding carboxylic acids is 1. The third-order valence-electron chi connectivity index (χ3n) is 3.95. The molecule has 118 valence electrons. The number of hydrogen-bond acceptors (Lipinski definition) is 5. The topological polar surface area (TPSA) is 77.0 Å². The molecule has 1 amide bonds. The van der Waals surface area contributed by atoms with Crippen LogP contribution in [0.1, 0.15) is 39.7 Å². The van der Waals surface area contributed by atoms with Gasteiger partial charge in [0.05, 0.1) is 16.6 Å². The van der Waals surface area contributed by atoms with E-state index in [1.54, 1.807) is 22.5 Å². The second-order valence-electron chi connectivity index (χ2n) is 5.24. The molecule has 1 aliphatic rings. The Bertz CT molecular complexity index is 821. The zero-order valence-corrected chi connectivity index (χ0v) is 14.2. The molecule has 1 fully saturated rings. The fourth-order valence-corrected chi connectivity index (χ4v) is 4.25. The summed E-state index contributed by atoms with van der Waals surface area (Å²) < 4.78 is 0. The van der Waals surface area contributed by atoms with Crippen molar-refractivity contribution < 1.29 is 4.79 Å². The summed E-state index contributed by atoms with van der Waals surface area (Å²) in [7, 11) is 0. The molecule has 0 spiro atoms. The molecular formula is C16H15N3O2S2. The molecule has 2 aromatic rings. The lowest BCUT2D eigenvalue weighted by Gasteiger charge is -2.23. The van der Waals surface area contributed by atoms with Gasteiger partial charge in [0.1, 0.15) is 11.6 Å². The first-order chi connectivity index (χ1) is 11.2. The van der Waals surface area contributed by atoms with Crippen molar-refractivity contribution in [3.05, 3.63) is 49.9 Å². The molecule has 3 rings (SSSR count). The number of pyridine rings is 1. The molecule has 1 N–H and O–H groups in total. The van der Waals surface area contributed by atoms with Gasteiger partial charge in [0.2, 0.25) is 0 Å². The summed E-state index contributed by atoms with van der Waals surface area (Å²) in [6, 6.07) is 7.46. The minimum atomic E-state index is -0.435. The molecule has 7 heteroatoms. The Morgan fingerprint density at radius 1 is 1.57 bits per heavy atom. The summed E-state index contributed by atoms with van der Waals surface area (Å²) in [5.41, 5.74) is -0.0645. The third kappa shape index (κ3) is 2.92. The molecule has 0 saturated carbocycles. The molecule has 0 unspecified atom stereocenters. The summed E-state index contributed by atoms with van der Waals surface area (Å²) in [6.45, 7) is 0.632. The zero-order chi connectivity index (χ0) is 16.4. The molecule has 1 saturated heterocycles. The van der Waals surface area contributed by atoms with E-state index in [0.29, 0.717) is 17.1 Å². The summed E-state index contributed by atoms with van der Waals surface area (Å²) in [5, 5.41) is 11.7. The Kier molecular flexibility index (Phi) is 4.55. The van der Waals surface area contributed by atoms with Crippen molar-refractivity contribution >= 4 is 29.0 Å². The maximum atomic E-state index is 12.8. The molecule has 3 heterocycles. The SMILES string of the molecule is CSc1[nH]c(=O)c(C(=O)N2CCC[C@@H]2c2cccs2)cc1C#N. The molecule has 23 heavy (non-hydrogen) atoms. The van der Waals surface area contributed by atoms with E-state index in [0.717, 1.165) is 17.7 Å². The molecule has 0 radical (unpaired) electrons. The van der Waals surface area contributed by atoms with Crippen LogP contribution in [-0.4, -0.2) is 28.6 Å². The average Bonchev–Trinajstić information content (AvgIpc) is 3.24. The fraction of sp³-hybridized carbons (Fsp3) is 0.312. The predicted molar refractivity (Wildman–Crippen MR) is 90.9 cm³/mol. The zero-order valence-electron chi connectivity index (χ0n) is 12.5. The van der Waals surface area contributed by atoms with Crippen LogP contribution in [0.2, 0.25) is 0 Å². The van der Waals surface area contributed by atoms with E-state index in [1.807, 2.05) is 23.6 Å². The lowest BCUT2D eigenvalue weighted by atomic mass is 10.1. The van der Waals surface area contributed by atoms with Gasteiger partial charge in [-0.3, -0.25) is 9.59 Å².